The van der Waals surface area contributed by atoms with Crippen LogP contribution in [-0.4, -0.2) is 169 Å². The number of carbonyl (C=O) groups excluding carboxylic acids is 1. The average molecular weight is 587 g/mol. The van der Waals surface area contributed by atoms with Crippen molar-refractivity contribution in [1.29, 1.82) is 0 Å². The topological polar surface area (TPSA) is 326 Å². The van der Waals surface area contributed by atoms with Crippen LogP contribution in [0.5, 0.6) is 0 Å². The van der Waals surface area contributed by atoms with Gasteiger partial charge in [-0.3, -0.25) is 4.79 Å². The van der Waals surface area contributed by atoms with Gasteiger partial charge >= 0.3 is 0 Å². The maximum atomic E-state index is 12.6. The summed E-state index contributed by atoms with van der Waals surface area (Å²) in [5.41, 5.74) is 17.5. The highest BCUT2D eigenvalue weighted by molar-refractivity contribution is 5.80. The Kier molecular flexibility index (Phi) is 11.9. The highest BCUT2D eigenvalue weighted by Gasteiger charge is 2.52. The molecule has 0 spiro atoms. The molecular weight excluding hydrogens is 544 g/mol. The Morgan fingerprint density at radius 2 is 1.38 bits per heavy atom. The fourth-order valence-electron chi connectivity index (χ4n) is 5.02. The summed E-state index contributed by atoms with van der Waals surface area (Å²) in [5.74, 6) is -0.859. The third-order valence-electron chi connectivity index (χ3n) is 7.46. The second-order valence-corrected chi connectivity index (χ2v) is 10.3. The van der Waals surface area contributed by atoms with E-state index in [1.807, 2.05) is 0 Å². The molecule has 1 aliphatic carbocycles. The molecule has 3 fully saturated rings. The van der Waals surface area contributed by atoms with Gasteiger partial charge in [0.25, 0.3) is 0 Å². The van der Waals surface area contributed by atoms with E-state index in [0.29, 0.717) is 0 Å². The number of rotatable bonds is 10. The molecule has 18 nitrogen and oxygen atoms in total. The molecule has 1 saturated carbocycles. The van der Waals surface area contributed by atoms with E-state index in [0.717, 1.165) is 0 Å². The molecule has 16 N–H and O–H groups in total. The monoisotopic (exact) mass is 586 g/mol. The number of amides is 1. The minimum atomic E-state index is -1.81. The van der Waals surface area contributed by atoms with Gasteiger partial charge in [-0.25, -0.2) is 0 Å². The molecule has 2 saturated heterocycles. The number of nitrogens with two attached hydrogens (primary N) is 3. The number of carbonyl (C=O) groups is 1. The van der Waals surface area contributed by atoms with E-state index < -0.39 is 117 Å². The molecule has 2 heterocycles. The highest BCUT2D eigenvalue weighted by atomic mass is 16.7. The zero-order valence-corrected chi connectivity index (χ0v) is 21.6. The van der Waals surface area contributed by atoms with Crippen molar-refractivity contribution in [3.05, 3.63) is 0 Å². The lowest BCUT2D eigenvalue weighted by Gasteiger charge is -2.48. The maximum Gasteiger partial charge on any atom is 0.249 e. The maximum absolute atomic E-state index is 12.6. The van der Waals surface area contributed by atoms with Gasteiger partial charge in [0.2, 0.25) is 5.91 Å². The van der Waals surface area contributed by atoms with Crippen molar-refractivity contribution in [2.45, 2.75) is 111 Å². The van der Waals surface area contributed by atoms with E-state index in [2.05, 4.69) is 5.32 Å². The summed E-state index contributed by atoms with van der Waals surface area (Å²) < 4.78 is 22.3. The molecule has 0 bridgehead atoms. The lowest BCUT2D eigenvalue weighted by atomic mass is 9.83. The Bertz CT molecular complexity index is 813. The van der Waals surface area contributed by atoms with Gasteiger partial charge in [0.05, 0.1) is 25.3 Å². The normalized spacial score (nSPS) is 47.0. The molecule has 3 aliphatic rings. The molecule has 0 aromatic rings. The van der Waals surface area contributed by atoms with Crippen LogP contribution in [0.25, 0.3) is 0 Å². The number of hydrogen-bond donors (Lipinski definition) is 13. The van der Waals surface area contributed by atoms with Gasteiger partial charge in [0.15, 0.2) is 12.6 Å². The number of aliphatic hydroxyl groups is 9. The van der Waals surface area contributed by atoms with Crippen molar-refractivity contribution in [2.24, 2.45) is 17.2 Å². The van der Waals surface area contributed by atoms with Crippen LogP contribution in [-0.2, 0) is 23.7 Å². The van der Waals surface area contributed by atoms with Gasteiger partial charge in [0.1, 0.15) is 67.1 Å². The summed E-state index contributed by atoms with van der Waals surface area (Å²) in [4.78, 5) is 12.6. The zero-order chi connectivity index (χ0) is 29.9. The summed E-state index contributed by atoms with van der Waals surface area (Å²) in [6.45, 7) is -1.42. The van der Waals surface area contributed by atoms with Gasteiger partial charge in [0, 0.05) is 6.04 Å². The summed E-state index contributed by atoms with van der Waals surface area (Å²) >= 11 is 0. The Morgan fingerprint density at radius 3 is 1.95 bits per heavy atom. The van der Waals surface area contributed by atoms with Crippen LogP contribution in [0.1, 0.15) is 12.8 Å². The highest BCUT2D eigenvalue weighted by Crippen LogP contribution is 2.32. The number of aliphatic hydroxyl groups excluding tert-OH is 9. The van der Waals surface area contributed by atoms with E-state index in [9.17, 15) is 50.8 Å². The number of ether oxygens (including phenoxy) is 4. The smallest absolute Gasteiger partial charge is 0.249 e. The van der Waals surface area contributed by atoms with Gasteiger partial charge in [-0.2, -0.15) is 0 Å². The third-order valence-corrected chi connectivity index (χ3v) is 7.46. The number of nitrogens with one attached hydrogen (secondary N) is 1. The second-order valence-electron chi connectivity index (χ2n) is 10.3. The molecule has 0 aromatic heterocycles. The Hall–Kier alpha value is -1.17. The first-order valence-corrected chi connectivity index (χ1v) is 13.0. The summed E-state index contributed by atoms with van der Waals surface area (Å²) in [6, 6.07) is -3.52. The molecule has 0 radical (unpaired) electrons. The van der Waals surface area contributed by atoms with Crippen LogP contribution >= 0.6 is 0 Å². The van der Waals surface area contributed by atoms with Gasteiger partial charge < -0.3 is 87.4 Å². The van der Waals surface area contributed by atoms with Crippen molar-refractivity contribution < 1.29 is 69.7 Å². The molecule has 234 valence electrons. The van der Waals surface area contributed by atoms with Crippen molar-refractivity contribution in [2.75, 3.05) is 19.8 Å². The quantitative estimate of drug-likeness (QED) is 0.113. The van der Waals surface area contributed by atoms with Crippen molar-refractivity contribution >= 4 is 5.91 Å². The van der Waals surface area contributed by atoms with Crippen LogP contribution < -0.4 is 22.5 Å². The molecule has 16 atom stereocenters. The lowest BCUT2D eigenvalue weighted by molar-refractivity contribution is -0.335. The summed E-state index contributed by atoms with van der Waals surface area (Å²) in [6.07, 6.45) is -20.6. The first-order valence-electron chi connectivity index (χ1n) is 13.0. The van der Waals surface area contributed by atoms with Gasteiger partial charge in [-0.05, 0) is 19.4 Å². The first-order chi connectivity index (χ1) is 18.9. The molecule has 1 amide bonds. The largest absolute Gasteiger partial charge is 0.394 e. The fraction of sp³-hybridized carbons (Fsp3) is 0.955. The standard InChI is InChI=1S/C22H42N4O14/c23-2-1-8(29)20(36)26-7-3-6(24)18(39-22-16(34)15(33)13(31)10(5-28)38-22)17(35)19(7)40-21-14(32)11(25)12(30)9(4-27)37-21/h6-19,21-22,27-35H,1-5,23-25H2,(H,26,36)/t6?,7-,8+,9?,10?,11+,12-,13-,14?,15+,16?,17+,18-,19?,21-,22-/m1/s1. The Balaban J connectivity index is 1.85. The SMILES string of the molecule is NCC[C@H](O)C(=O)N[C@@H]1CC(N)[C@@H](O[C@H]2OC(CO)[C@@H](O)[C@H](O)C2O)[C@H](O)C1O[C@H]1OC(CO)[C@@H](O)[C@H](N)C1O. The van der Waals surface area contributed by atoms with E-state index in [1.165, 1.54) is 0 Å². The fourth-order valence-corrected chi connectivity index (χ4v) is 5.02. The Labute approximate surface area is 229 Å². The lowest BCUT2D eigenvalue weighted by Crippen LogP contribution is -2.69. The Morgan fingerprint density at radius 1 is 0.825 bits per heavy atom. The first kappa shape index (κ1) is 33.3. The van der Waals surface area contributed by atoms with Crippen molar-refractivity contribution in [3.63, 3.8) is 0 Å². The minimum absolute atomic E-state index is 0.00119. The van der Waals surface area contributed by atoms with E-state index in [4.69, 9.17) is 36.1 Å². The summed E-state index contributed by atoms with van der Waals surface area (Å²) in [5, 5.41) is 94.0. The van der Waals surface area contributed by atoms with Crippen LogP contribution in [0.4, 0.5) is 0 Å². The van der Waals surface area contributed by atoms with Crippen molar-refractivity contribution in [3.8, 4) is 0 Å². The van der Waals surface area contributed by atoms with Gasteiger partial charge in [-0.15, -0.1) is 0 Å². The van der Waals surface area contributed by atoms with Gasteiger partial charge in [-0.1, -0.05) is 0 Å². The van der Waals surface area contributed by atoms with Crippen LogP contribution in [0.2, 0.25) is 0 Å². The van der Waals surface area contributed by atoms with E-state index >= 15 is 0 Å². The summed E-state index contributed by atoms with van der Waals surface area (Å²) in [7, 11) is 0. The molecule has 2 aliphatic heterocycles. The molecule has 6 unspecified atom stereocenters. The molecule has 18 heteroatoms. The van der Waals surface area contributed by atoms with Crippen molar-refractivity contribution in [1.82, 2.24) is 5.32 Å². The van der Waals surface area contributed by atoms with Crippen LogP contribution in [0.3, 0.4) is 0 Å². The molecule has 40 heavy (non-hydrogen) atoms. The molecular formula is C22H42N4O14. The average Bonchev–Trinajstić information content (AvgIpc) is 2.92. The van der Waals surface area contributed by atoms with E-state index in [1.54, 1.807) is 0 Å². The van der Waals surface area contributed by atoms with E-state index in [-0.39, 0.29) is 19.4 Å². The zero-order valence-electron chi connectivity index (χ0n) is 21.6. The molecule has 0 aromatic carbocycles. The second kappa shape index (κ2) is 14.3. The third kappa shape index (κ3) is 7.06. The predicted octanol–water partition coefficient (Wildman–Crippen LogP) is -8.39. The van der Waals surface area contributed by atoms with Crippen LogP contribution in [0, 0.1) is 0 Å². The minimum Gasteiger partial charge on any atom is -0.394 e. The molecule has 3 rings (SSSR count). The number of hydrogen-bond acceptors (Lipinski definition) is 17. The van der Waals surface area contributed by atoms with Crippen LogP contribution in [0.15, 0.2) is 0 Å². The predicted molar refractivity (Wildman–Crippen MR) is 129 cm³/mol.